The molecule has 0 aliphatic heterocycles. The Kier molecular flexibility index (Phi) is 8.12. The normalized spacial score (nSPS) is 14.9. The number of halogens is 1. The minimum absolute atomic E-state index is 0.0781. The molecule has 226 valence electrons. The van der Waals surface area contributed by atoms with Crippen LogP contribution in [0.5, 0.6) is 17.2 Å². The molecule has 10 nitrogen and oxygen atoms in total. The summed E-state index contributed by atoms with van der Waals surface area (Å²) in [6.45, 7) is 0.197. The maximum absolute atomic E-state index is 15.4. The first kappa shape index (κ1) is 29.1. The molecule has 0 spiro atoms. The lowest BCUT2D eigenvalue weighted by molar-refractivity contribution is -0.150. The van der Waals surface area contributed by atoms with Crippen molar-refractivity contribution in [1.29, 1.82) is 0 Å². The Labute approximate surface area is 252 Å². The van der Waals surface area contributed by atoms with Crippen molar-refractivity contribution in [3.8, 4) is 17.2 Å². The SMILES string of the molecule is NCC(=O)OC1(CCOc2ccc3c(Oc4ccc(N(C(=O)Nc5ccccc5)C(=O)C5CC5)cc4F)ccnc3c2)CC1. The number of pyridine rings is 1. The van der Waals surface area contributed by atoms with Gasteiger partial charge in [0.05, 0.1) is 24.4 Å². The van der Waals surface area contributed by atoms with Crippen LogP contribution in [-0.4, -0.2) is 41.6 Å². The molecule has 1 heterocycles. The molecule has 0 atom stereocenters. The molecule has 2 aliphatic carbocycles. The summed E-state index contributed by atoms with van der Waals surface area (Å²) in [5.74, 6) is -0.943. The number of anilines is 2. The number of carbonyl (C=O) groups excluding carboxylic acids is 3. The zero-order chi connectivity index (χ0) is 30.7. The summed E-state index contributed by atoms with van der Waals surface area (Å²) >= 11 is 0. The van der Waals surface area contributed by atoms with Gasteiger partial charge in [0, 0.05) is 41.7 Å². The van der Waals surface area contributed by atoms with Gasteiger partial charge in [-0.1, -0.05) is 18.2 Å². The fourth-order valence-corrected chi connectivity index (χ4v) is 4.85. The molecule has 2 aliphatic rings. The molecular weight excluding hydrogens is 567 g/mol. The standard InChI is InChI=1S/C33H31FN4O6/c34-26-18-23(38(31(40)21-6-7-21)32(41)37-22-4-2-1-3-5-22)8-11-29(26)43-28-12-16-36-27-19-24(9-10-25(27)28)42-17-15-33(13-14-33)44-30(39)20-35/h1-5,8-12,16,18-19,21H,6-7,13-15,17,20,35H2,(H,37,41). The third kappa shape index (κ3) is 6.63. The number of rotatable bonds is 11. The molecule has 3 N–H and O–H groups in total. The summed E-state index contributed by atoms with van der Waals surface area (Å²) < 4.78 is 32.7. The van der Waals surface area contributed by atoms with Gasteiger partial charge in [-0.2, -0.15) is 0 Å². The second-order valence-electron chi connectivity index (χ2n) is 10.9. The second kappa shape index (κ2) is 12.3. The summed E-state index contributed by atoms with van der Waals surface area (Å²) in [7, 11) is 0. The molecule has 3 aromatic carbocycles. The van der Waals surface area contributed by atoms with E-state index >= 15 is 4.39 Å². The van der Waals surface area contributed by atoms with Crippen LogP contribution in [0.4, 0.5) is 20.6 Å². The number of ether oxygens (including phenoxy) is 3. The van der Waals surface area contributed by atoms with Gasteiger partial charge in [0.2, 0.25) is 5.91 Å². The van der Waals surface area contributed by atoms with Crippen LogP contribution in [0.2, 0.25) is 0 Å². The number of aromatic nitrogens is 1. The maximum atomic E-state index is 15.4. The molecule has 0 unspecified atom stereocenters. The van der Waals surface area contributed by atoms with E-state index in [9.17, 15) is 14.4 Å². The number of nitrogens with one attached hydrogen (secondary N) is 1. The third-order valence-electron chi connectivity index (χ3n) is 7.57. The first-order valence-electron chi connectivity index (χ1n) is 14.4. The molecule has 0 bridgehead atoms. The topological polar surface area (TPSA) is 133 Å². The molecule has 0 radical (unpaired) electrons. The third-order valence-corrected chi connectivity index (χ3v) is 7.57. The number of hydrogen-bond donors (Lipinski definition) is 2. The van der Waals surface area contributed by atoms with Gasteiger partial charge in [0.15, 0.2) is 11.6 Å². The van der Waals surface area contributed by atoms with E-state index in [0.29, 0.717) is 54.0 Å². The highest BCUT2D eigenvalue weighted by molar-refractivity contribution is 6.19. The van der Waals surface area contributed by atoms with E-state index in [-0.39, 0.29) is 29.8 Å². The van der Waals surface area contributed by atoms with Crippen LogP contribution in [-0.2, 0) is 14.3 Å². The average Bonchev–Trinajstić information content (AvgIpc) is 3.96. The van der Waals surface area contributed by atoms with Crippen molar-refractivity contribution >= 4 is 40.2 Å². The number of carbonyl (C=O) groups is 3. The number of nitrogens with two attached hydrogens (primary N) is 1. The highest BCUT2D eigenvalue weighted by atomic mass is 19.1. The van der Waals surface area contributed by atoms with Crippen LogP contribution in [0.3, 0.4) is 0 Å². The van der Waals surface area contributed by atoms with Crippen LogP contribution in [0, 0.1) is 11.7 Å². The van der Waals surface area contributed by atoms with Crippen LogP contribution in [0.15, 0.2) is 79.0 Å². The van der Waals surface area contributed by atoms with Crippen LogP contribution in [0.1, 0.15) is 32.1 Å². The summed E-state index contributed by atoms with van der Waals surface area (Å²) in [5, 5.41) is 3.34. The maximum Gasteiger partial charge on any atom is 0.333 e. The lowest BCUT2D eigenvalue weighted by Crippen LogP contribution is -2.41. The van der Waals surface area contributed by atoms with Gasteiger partial charge in [0.25, 0.3) is 0 Å². The van der Waals surface area contributed by atoms with Crippen molar-refractivity contribution in [3.05, 3.63) is 84.8 Å². The molecular formula is C33H31FN4O6. The Morgan fingerprint density at radius 2 is 1.80 bits per heavy atom. The number of para-hydroxylation sites is 1. The minimum Gasteiger partial charge on any atom is -0.493 e. The van der Waals surface area contributed by atoms with Gasteiger partial charge in [-0.05, 0) is 68.1 Å². The summed E-state index contributed by atoms with van der Waals surface area (Å²) in [4.78, 5) is 43.1. The highest BCUT2D eigenvalue weighted by Gasteiger charge is 2.46. The average molecular weight is 599 g/mol. The van der Waals surface area contributed by atoms with Gasteiger partial charge in [-0.25, -0.2) is 14.1 Å². The number of esters is 1. The Morgan fingerprint density at radius 1 is 1.00 bits per heavy atom. The quantitative estimate of drug-likeness (QED) is 0.203. The lowest BCUT2D eigenvalue weighted by atomic mass is 10.2. The zero-order valence-electron chi connectivity index (χ0n) is 23.8. The van der Waals surface area contributed by atoms with E-state index in [1.165, 1.54) is 12.1 Å². The summed E-state index contributed by atoms with van der Waals surface area (Å²) in [5.41, 5.74) is 6.06. The fourth-order valence-electron chi connectivity index (χ4n) is 4.85. The number of amides is 3. The van der Waals surface area contributed by atoms with Gasteiger partial charge in [0.1, 0.15) is 17.1 Å². The molecule has 0 saturated heterocycles. The monoisotopic (exact) mass is 598 g/mol. The van der Waals surface area contributed by atoms with E-state index in [2.05, 4.69) is 10.3 Å². The predicted octanol–water partition coefficient (Wildman–Crippen LogP) is 5.94. The Hall–Kier alpha value is -5.03. The molecule has 4 aromatic rings. The van der Waals surface area contributed by atoms with Crippen molar-refractivity contribution in [1.82, 2.24) is 4.98 Å². The molecule has 44 heavy (non-hydrogen) atoms. The molecule has 3 amide bonds. The smallest absolute Gasteiger partial charge is 0.333 e. The number of nitrogens with zero attached hydrogens (tertiary/aromatic N) is 2. The fraction of sp³-hybridized carbons (Fsp3) is 0.273. The van der Waals surface area contributed by atoms with Crippen LogP contribution in [0.25, 0.3) is 10.9 Å². The first-order valence-corrected chi connectivity index (χ1v) is 14.4. The van der Waals surface area contributed by atoms with Crippen LogP contribution < -0.4 is 25.4 Å². The second-order valence-corrected chi connectivity index (χ2v) is 10.9. The predicted molar refractivity (Wildman–Crippen MR) is 161 cm³/mol. The molecule has 11 heteroatoms. The van der Waals surface area contributed by atoms with Crippen LogP contribution >= 0.6 is 0 Å². The number of benzene rings is 3. The van der Waals surface area contributed by atoms with Crippen molar-refractivity contribution in [2.45, 2.75) is 37.7 Å². The van der Waals surface area contributed by atoms with Gasteiger partial charge < -0.3 is 25.3 Å². The van der Waals surface area contributed by atoms with Crippen molar-refractivity contribution < 1.29 is 33.0 Å². The molecule has 2 saturated carbocycles. The van der Waals surface area contributed by atoms with E-state index < -0.39 is 23.4 Å². The number of hydrogen-bond acceptors (Lipinski definition) is 8. The van der Waals surface area contributed by atoms with Crippen molar-refractivity contribution in [3.63, 3.8) is 0 Å². The Balaban J connectivity index is 1.15. The van der Waals surface area contributed by atoms with Crippen molar-refractivity contribution in [2.24, 2.45) is 11.7 Å². The van der Waals surface area contributed by atoms with Gasteiger partial charge >= 0.3 is 12.0 Å². The number of urea groups is 1. The summed E-state index contributed by atoms with van der Waals surface area (Å²) in [6.07, 6.45) is 5.04. The first-order chi connectivity index (χ1) is 21.3. The highest BCUT2D eigenvalue weighted by Crippen LogP contribution is 2.43. The van der Waals surface area contributed by atoms with Crippen molar-refractivity contribution in [2.75, 3.05) is 23.4 Å². The molecule has 1 aromatic heterocycles. The Morgan fingerprint density at radius 3 is 2.50 bits per heavy atom. The van der Waals surface area contributed by atoms with E-state index in [4.69, 9.17) is 19.9 Å². The largest absolute Gasteiger partial charge is 0.493 e. The zero-order valence-corrected chi connectivity index (χ0v) is 23.8. The number of fused-ring (bicyclic) bond motifs is 1. The Bertz CT molecular complexity index is 1710. The minimum atomic E-state index is -0.738. The lowest BCUT2D eigenvalue weighted by Gasteiger charge is -2.22. The molecule has 2 fully saturated rings. The molecule has 6 rings (SSSR count). The van der Waals surface area contributed by atoms with E-state index in [1.54, 1.807) is 54.7 Å². The number of imide groups is 1. The van der Waals surface area contributed by atoms with E-state index in [0.717, 1.165) is 23.8 Å². The van der Waals surface area contributed by atoms with Gasteiger partial charge in [-0.3, -0.25) is 14.6 Å². The van der Waals surface area contributed by atoms with E-state index in [1.807, 2.05) is 6.07 Å². The summed E-state index contributed by atoms with van der Waals surface area (Å²) in [6, 6.07) is 19.0. The van der Waals surface area contributed by atoms with Gasteiger partial charge in [-0.15, -0.1) is 0 Å².